The van der Waals surface area contributed by atoms with Crippen molar-refractivity contribution in [3.63, 3.8) is 0 Å². The molecule has 0 radical (unpaired) electrons. The molecule has 0 unspecified atom stereocenters. The molecule has 0 spiro atoms. The van der Waals surface area contributed by atoms with Gasteiger partial charge in [0.2, 0.25) is 11.8 Å². The second-order valence-electron chi connectivity index (χ2n) is 9.16. The zero-order valence-corrected chi connectivity index (χ0v) is 21.9. The summed E-state index contributed by atoms with van der Waals surface area (Å²) in [7, 11) is 1.56. The Labute approximate surface area is 226 Å². The smallest absolute Gasteiger partial charge is 0.331 e. The molecule has 0 saturated heterocycles. The number of benzene rings is 3. The number of fused-ring (bicyclic) bond motifs is 1. The van der Waals surface area contributed by atoms with Gasteiger partial charge in [-0.25, -0.2) is 4.79 Å². The van der Waals surface area contributed by atoms with Crippen molar-refractivity contribution in [2.75, 3.05) is 19.0 Å². The first-order chi connectivity index (χ1) is 19.0. The third-order valence-electron chi connectivity index (χ3n) is 6.42. The van der Waals surface area contributed by atoms with Crippen LogP contribution in [-0.4, -0.2) is 34.6 Å². The van der Waals surface area contributed by atoms with Crippen molar-refractivity contribution in [2.45, 2.75) is 38.8 Å². The number of hydrogen-bond donors (Lipinski definition) is 2. The SMILES string of the molecule is COc1ccc(NC(=O)Cn2c(=O)n(CCCCC(=O)NCCc3ccccc3)c(=O)c3ccccc32)cc1. The maximum atomic E-state index is 13.3. The van der Waals surface area contributed by atoms with Gasteiger partial charge in [-0.2, -0.15) is 0 Å². The van der Waals surface area contributed by atoms with Crippen LogP contribution in [0.15, 0.2) is 88.5 Å². The average Bonchev–Trinajstić information content (AvgIpc) is 2.96. The lowest BCUT2D eigenvalue weighted by Crippen LogP contribution is -2.41. The van der Waals surface area contributed by atoms with Crippen molar-refractivity contribution in [2.24, 2.45) is 0 Å². The number of carbonyl (C=O) groups is 2. The molecule has 0 saturated carbocycles. The van der Waals surface area contributed by atoms with Crippen LogP contribution in [0.3, 0.4) is 0 Å². The van der Waals surface area contributed by atoms with Crippen LogP contribution >= 0.6 is 0 Å². The Bertz CT molecular complexity index is 1540. The molecule has 9 nitrogen and oxygen atoms in total. The molecule has 0 aliphatic carbocycles. The summed E-state index contributed by atoms with van der Waals surface area (Å²) < 4.78 is 7.59. The van der Waals surface area contributed by atoms with E-state index >= 15 is 0 Å². The van der Waals surface area contributed by atoms with Crippen molar-refractivity contribution in [1.82, 2.24) is 14.5 Å². The number of carbonyl (C=O) groups excluding carboxylic acids is 2. The average molecular weight is 529 g/mol. The van der Waals surface area contributed by atoms with Crippen molar-refractivity contribution < 1.29 is 14.3 Å². The van der Waals surface area contributed by atoms with Gasteiger partial charge in [-0.05, 0) is 61.2 Å². The van der Waals surface area contributed by atoms with Gasteiger partial charge in [-0.1, -0.05) is 42.5 Å². The molecule has 0 bridgehead atoms. The van der Waals surface area contributed by atoms with Crippen LogP contribution in [0.2, 0.25) is 0 Å². The summed E-state index contributed by atoms with van der Waals surface area (Å²) in [6.45, 7) is 0.450. The number of aromatic nitrogens is 2. The highest BCUT2D eigenvalue weighted by atomic mass is 16.5. The van der Waals surface area contributed by atoms with Crippen LogP contribution in [0, 0.1) is 0 Å². The van der Waals surface area contributed by atoms with E-state index in [-0.39, 0.29) is 19.0 Å². The third-order valence-corrected chi connectivity index (χ3v) is 6.42. The van der Waals surface area contributed by atoms with E-state index in [1.807, 2.05) is 30.3 Å². The monoisotopic (exact) mass is 528 g/mol. The molecule has 2 N–H and O–H groups in total. The minimum atomic E-state index is -0.559. The van der Waals surface area contributed by atoms with Gasteiger partial charge >= 0.3 is 5.69 Å². The van der Waals surface area contributed by atoms with Crippen LogP contribution in [0.4, 0.5) is 5.69 Å². The van der Waals surface area contributed by atoms with E-state index in [0.717, 1.165) is 16.6 Å². The Morgan fingerprint density at radius 3 is 2.28 bits per heavy atom. The van der Waals surface area contributed by atoms with Crippen molar-refractivity contribution in [1.29, 1.82) is 0 Å². The minimum Gasteiger partial charge on any atom is -0.497 e. The van der Waals surface area contributed by atoms with E-state index in [1.165, 1.54) is 4.57 Å². The number of para-hydroxylation sites is 1. The highest BCUT2D eigenvalue weighted by Gasteiger charge is 2.15. The zero-order chi connectivity index (χ0) is 27.6. The second kappa shape index (κ2) is 13.2. The van der Waals surface area contributed by atoms with Crippen LogP contribution in [-0.2, 0) is 29.1 Å². The number of amides is 2. The zero-order valence-electron chi connectivity index (χ0n) is 21.9. The number of methoxy groups -OCH3 is 1. The van der Waals surface area contributed by atoms with Crippen LogP contribution in [0.1, 0.15) is 24.8 Å². The number of nitrogens with zero attached hydrogens (tertiary/aromatic N) is 2. The highest BCUT2D eigenvalue weighted by molar-refractivity contribution is 5.91. The Hall–Kier alpha value is -4.66. The van der Waals surface area contributed by atoms with Gasteiger partial charge < -0.3 is 15.4 Å². The molecular formula is C30H32N4O5. The van der Waals surface area contributed by atoms with Gasteiger partial charge in [0.25, 0.3) is 5.56 Å². The van der Waals surface area contributed by atoms with Gasteiger partial charge in [-0.3, -0.25) is 23.5 Å². The largest absolute Gasteiger partial charge is 0.497 e. The molecule has 1 heterocycles. The molecule has 4 aromatic rings. The fourth-order valence-electron chi connectivity index (χ4n) is 4.37. The number of anilines is 1. The molecule has 4 rings (SSSR count). The number of unbranched alkanes of at least 4 members (excludes halogenated alkanes) is 1. The first kappa shape index (κ1) is 27.4. The predicted octanol–water partition coefficient (Wildman–Crippen LogP) is 3.34. The van der Waals surface area contributed by atoms with Gasteiger partial charge in [0, 0.05) is 25.2 Å². The number of hydrogen-bond acceptors (Lipinski definition) is 5. The second-order valence-corrected chi connectivity index (χ2v) is 9.16. The molecule has 1 aromatic heterocycles. The molecule has 9 heteroatoms. The summed E-state index contributed by atoms with van der Waals surface area (Å²) in [4.78, 5) is 51.5. The van der Waals surface area contributed by atoms with Crippen molar-refractivity contribution in [3.8, 4) is 5.75 Å². The fraction of sp³-hybridized carbons (Fsp3) is 0.267. The van der Waals surface area contributed by atoms with Crippen LogP contribution in [0.5, 0.6) is 5.75 Å². The quantitative estimate of drug-likeness (QED) is 0.274. The van der Waals surface area contributed by atoms with E-state index in [2.05, 4.69) is 10.6 Å². The van der Waals surface area contributed by atoms with Gasteiger partial charge in [-0.15, -0.1) is 0 Å². The fourth-order valence-corrected chi connectivity index (χ4v) is 4.37. The summed E-state index contributed by atoms with van der Waals surface area (Å²) in [6.07, 6.45) is 2.05. The Morgan fingerprint density at radius 1 is 0.821 bits per heavy atom. The number of ether oxygens (including phenoxy) is 1. The first-order valence-corrected chi connectivity index (χ1v) is 12.9. The van der Waals surface area contributed by atoms with E-state index in [9.17, 15) is 19.2 Å². The summed E-state index contributed by atoms with van der Waals surface area (Å²) in [5.41, 5.74) is 1.15. The number of nitrogens with one attached hydrogen (secondary N) is 2. The lowest BCUT2D eigenvalue weighted by Gasteiger charge is -2.14. The summed E-state index contributed by atoms with van der Waals surface area (Å²) in [5.74, 6) is 0.196. The van der Waals surface area contributed by atoms with Gasteiger partial charge in [0.15, 0.2) is 0 Å². The first-order valence-electron chi connectivity index (χ1n) is 12.9. The predicted molar refractivity (Wildman–Crippen MR) is 151 cm³/mol. The van der Waals surface area contributed by atoms with E-state index in [1.54, 1.807) is 55.6 Å². The lowest BCUT2D eigenvalue weighted by molar-refractivity contribution is -0.121. The Kier molecular flexibility index (Phi) is 9.29. The van der Waals surface area contributed by atoms with Gasteiger partial charge in [0.1, 0.15) is 12.3 Å². The molecule has 202 valence electrons. The molecule has 39 heavy (non-hydrogen) atoms. The standard InChI is InChI=1S/C30H32N4O5/c1-39-24-16-14-23(15-17-24)32-28(36)21-34-26-12-6-5-11-25(26)29(37)33(30(34)38)20-8-7-13-27(35)31-19-18-22-9-3-2-4-10-22/h2-6,9-12,14-17H,7-8,13,18-21H2,1H3,(H,31,35)(H,32,36). The molecule has 0 aliphatic heterocycles. The summed E-state index contributed by atoms with van der Waals surface area (Å²) in [5, 5.41) is 6.04. The third kappa shape index (κ3) is 7.22. The van der Waals surface area contributed by atoms with Crippen LogP contribution in [0.25, 0.3) is 10.9 Å². The lowest BCUT2D eigenvalue weighted by atomic mass is 10.1. The van der Waals surface area contributed by atoms with E-state index in [4.69, 9.17) is 4.74 Å². The molecule has 3 aromatic carbocycles. The van der Waals surface area contributed by atoms with Crippen molar-refractivity contribution >= 4 is 28.4 Å². The topological polar surface area (TPSA) is 111 Å². The van der Waals surface area contributed by atoms with Crippen molar-refractivity contribution in [3.05, 3.63) is 105 Å². The molecule has 0 atom stereocenters. The Morgan fingerprint density at radius 2 is 1.54 bits per heavy atom. The molecular weight excluding hydrogens is 496 g/mol. The normalized spacial score (nSPS) is 10.8. The maximum Gasteiger partial charge on any atom is 0.331 e. The minimum absolute atomic E-state index is 0.0654. The maximum absolute atomic E-state index is 13.3. The van der Waals surface area contributed by atoms with E-state index < -0.39 is 17.2 Å². The molecule has 0 aliphatic rings. The summed E-state index contributed by atoms with van der Waals surface area (Å²) >= 11 is 0. The van der Waals surface area contributed by atoms with Crippen LogP contribution < -0.4 is 26.6 Å². The number of rotatable bonds is 12. The summed E-state index contributed by atoms with van der Waals surface area (Å²) in [6, 6.07) is 23.5. The van der Waals surface area contributed by atoms with E-state index in [0.29, 0.717) is 48.1 Å². The molecule has 0 fully saturated rings. The Balaban J connectivity index is 1.39. The molecule has 2 amide bonds. The van der Waals surface area contributed by atoms with Gasteiger partial charge in [0.05, 0.1) is 18.0 Å². The highest BCUT2D eigenvalue weighted by Crippen LogP contribution is 2.15.